The van der Waals surface area contributed by atoms with E-state index in [0.29, 0.717) is 13.2 Å². The third kappa shape index (κ3) is 4.83. The zero-order chi connectivity index (χ0) is 17.5. The lowest BCUT2D eigenvalue weighted by atomic mass is 10.0. The summed E-state index contributed by atoms with van der Waals surface area (Å²) in [7, 11) is 0. The largest absolute Gasteiger partial charge is 0.489 e. The van der Waals surface area contributed by atoms with Crippen LogP contribution >= 0.6 is 0 Å². The fraction of sp³-hybridized carbons (Fsp3) is 0.350. The number of nitrogens with one attached hydrogen (secondary N) is 1. The van der Waals surface area contributed by atoms with Crippen LogP contribution in [0.2, 0.25) is 0 Å². The Morgan fingerprint density at radius 2 is 1.71 bits per heavy atom. The molecule has 1 unspecified atom stereocenters. The minimum absolute atomic E-state index is 0.0162. The zero-order valence-electron chi connectivity index (χ0n) is 14.5. The van der Waals surface area contributed by atoms with Gasteiger partial charge in [-0.05, 0) is 30.0 Å². The van der Waals surface area contributed by atoms with Crippen LogP contribution in [-0.4, -0.2) is 17.1 Å². The molecule has 0 aliphatic rings. The van der Waals surface area contributed by atoms with Gasteiger partial charge in [0, 0.05) is 12.1 Å². The predicted molar refractivity (Wildman–Crippen MR) is 95.1 cm³/mol. The van der Waals surface area contributed by atoms with Gasteiger partial charge in [-0.15, -0.1) is 0 Å². The van der Waals surface area contributed by atoms with Crippen molar-refractivity contribution in [2.24, 2.45) is 5.92 Å². The van der Waals surface area contributed by atoms with E-state index >= 15 is 0 Å². The first-order valence-electron chi connectivity index (χ1n) is 8.20. The van der Waals surface area contributed by atoms with Gasteiger partial charge in [-0.25, -0.2) is 0 Å². The second-order valence-corrected chi connectivity index (χ2v) is 6.26. The van der Waals surface area contributed by atoms with E-state index in [-0.39, 0.29) is 5.92 Å². The van der Waals surface area contributed by atoms with Gasteiger partial charge in [0.1, 0.15) is 18.4 Å². The van der Waals surface area contributed by atoms with Gasteiger partial charge in [0.2, 0.25) is 0 Å². The molecule has 0 aliphatic carbocycles. The third-order valence-corrected chi connectivity index (χ3v) is 4.06. The van der Waals surface area contributed by atoms with Crippen LogP contribution < -0.4 is 10.1 Å². The van der Waals surface area contributed by atoms with Crippen molar-refractivity contribution in [3.8, 4) is 5.75 Å². The quantitative estimate of drug-likeness (QED) is 0.775. The number of carboxylic acids is 1. The van der Waals surface area contributed by atoms with Gasteiger partial charge >= 0.3 is 5.97 Å². The molecule has 24 heavy (non-hydrogen) atoms. The Labute approximate surface area is 143 Å². The van der Waals surface area contributed by atoms with Crippen molar-refractivity contribution in [2.75, 3.05) is 0 Å². The van der Waals surface area contributed by atoms with Crippen LogP contribution in [0.1, 0.15) is 30.5 Å². The minimum Gasteiger partial charge on any atom is -0.489 e. The summed E-state index contributed by atoms with van der Waals surface area (Å²) in [5.74, 6) is -0.0352. The molecule has 0 saturated carbocycles. The zero-order valence-corrected chi connectivity index (χ0v) is 14.5. The smallest absolute Gasteiger partial charge is 0.320 e. The van der Waals surface area contributed by atoms with Gasteiger partial charge < -0.3 is 9.84 Å². The first-order chi connectivity index (χ1) is 11.5. The van der Waals surface area contributed by atoms with E-state index in [1.807, 2.05) is 50.2 Å². The van der Waals surface area contributed by atoms with E-state index in [4.69, 9.17) is 4.74 Å². The second kappa shape index (κ2) is 8.50. The molecule has 0 heterocycles. The average Bonchev–Trinajstić information content (AvgIpc) is 2.54. The highest BCUT2D eigenvalue weighted by molar-refractivity contribution is 5.73. The number of aliphatic carboxylic acids is 1. The fourth-order valence-corrected chi connectivity index (χ4v) is 2.55. The molecule has 4 nitrogen and oxygen atoms in total. The lowest BCUT2D eigenvalue weighted by Crippen LogP contribution is -2.40. The van der Waals surface area contributed by atoms with Crippen LogP contribution in [0.4, 0.5) is 0 Å². The van der Waals surface area contributed by atoms with Crippen LogP contribution in [0.3, 0.4) is 0 Å². The number of hydrogen-bond acceptors (Lipinski definition) is 3. The Bertz CT molecular complexity index is 682. The number of aryl methyl sites for hydroxylation is 1. The summed E-state index contributed by atoms with van der Waals surface area (Å²) in [6, 6.07) is 15.3. The Balaban J connectivity index is 2.04. The third-order valence-electron chi connectivity index (χ3n) is 4.06. The minimum atomic E-state index is -0.830. The lowest BCUT2D eigenvalue weighted by Gasteiger charge is -2.19. The monoisotopic (exact) mass is 327 g/mol. The topological polar surface area (TPSA) is 58.6 Å². The fourth-order valence-electron chi connectivity index (χ4n) is 2.55. The number of benzene rings is 2. The van der Waals surface area contributed by atoms with Gasteiger partial charge in [0.05, 0.1) is 0 Å². The van der Waals surface area contributed by atoms with Crippen molar-refractivity contribution in [1.29, 1.82) is 0 Å². The summed E-state index contributed by atoms with van der Waals surface area (Å²) >= 11 is 0. The van der Waals surface area contributed by atoms with Crippen molar-refractivity contribution >= 4 is 5.97 Å². The molecule has 2 rings (SSSR count). The predicted octanol–water partition coefficient (Wildman–Crippen LogP) is 3.77. The maximum atomic E-state index is 11.3. The molecule has 0 saturated heterocycles. The van der Waals surface area contributed by atoms with Gasteiger partial charge in [0.25, 0.3) is 0 Å². The number of carbonyl (C=O) groups is 1. The number of ether oxygens (including phenoxy) is 1. The van der Waals surface area contributed by atoms with E-state index in [0.717, 1.165) is 16.9 Å². The Morgan fingerprint density at radius 1 is 1.08 bits per heavy atom. The molecular formula is C20H25NO3. The van der Waals surface area contributed by atoms with Crippen molar-refractivity contribution in [3.63, 3.8) is 0 Å². The molecule has 2 N–H and O–H groups in total. The van der Waals surface area contributed by atoms with E-state index in [2.05, 4.69) is 24.4 Å². The highest BCUT2D eigenvalue weighted by Gasteiger charge is 2.20. The Hall–Kier alpha value is -2.33. The molecule has 2 aromatic carbocycles. The summed E-state index contributed by atoms with van der Waals surface area (Å²) in [4.78, 5) is 11.3. The standard InChI is InChI=1S/C20H25NO3/c1-14(2)19(20(22)23)21-12-16-9-6-7-11-18(16)24-13-17-10-5-4-8-15(17)3/h4-11,14,19,21H,12-13H2,1-3H3,(H,22,23). The van der Waals surface area contributed by atoms with Crippen LogP contribution in [0, 0.1) is 12.8 Å². The molecule has 2 aromatic rings. The molecule has 4 heteroatoms. The van der Waals surface area contributed by atoms with Crippen molar-refractivity contribution in [2.45, 2.75) is 40.0 Å². The summed E-state index contributed by atoms with van der Waals surface area (Å²) < 4.78 is 5.97. The molecule has 128 valence electrons. The summed E-state index contributed by atoms with van der Waals surface area (Å²) in [5, 5.41) is 12.4. The van der Waals surface area contributed by atoms with Gasteiger partial charge in [-0.1, -0.05) is 56.3 Å². The highest BCUT2D eigenvalue weighted by Crippen LogP contribution is 2.20. The highest BCUT2D eigenvalue weighted by atomic mass is 16.5. The van der Waals surface area contributed by atoms with E-state index in [1.54, 1.807) is 0 Å². The van der Waals surface area contributed by atoms with Crippen LogP contribution in [-0.2, 0) is 17.9 Å². The Morgan fingerprint density at radius 3 is 2.33 bits per heavy atom. The Kier molecular flexibility index (Phi) is 6.38. The molecule has 0 aliphatic heterocycles. The number of para-hydroxylation sites is 1. The number of rotatable bonds is 8. The van der Waals surface area contributed by atoms with Crippen LogP contribution in [0.25, 0.3) is 0 Å². The first-order valence-corrected chi connectivity index (χ1v) is 8.20. The average molecular weight is 327 g/mol. The number of carboxylic acid groups (broad SMARTS) is 1. The van der Waals surface area contributed by atoms with Gasteiger partial charge in [0.15, 0.2) is 0 Å². The maximum absolute atomic E-state index is 11.3. The van der Waals surface area contributed by atoms with E-state index < -0.39 is 12.0 Å². The first kappa shape index (κ1) is 18.0. The van der Waals surface area contributed by atoms with Crippen molar-refractivity contribution in [1.82, 2.24) is 5.32 Å². The normalized spacial score (nSPS) is 12.2. The summed E-state index contributed by atoms with van der Waals surface area (Å²) in [5.41, 5.74) is 3.29. The molecular weight excluding hydrogens is 302 g/mol. The van der Waals surface area contributed by atoms with E-state index in [9.17, 15) is 9.90 Å². The van der Waals surface area contributed by atoms with Crippen LogP contribution in [0.15, 0.2) is 48.5 Å². The lowest BCUT2D eigenvalue weighted by molar-refractivity contribution is -0.140. The summed E-state index contributed by atoms with van der Waals surface area (Å²) in [6.45, 7) is 6.81. The molecule has 1 atom stereocenters. The van der Waals surface area contributed by atoms with Gasteiger partial charge in [-0.3, -0.25) is 10.1 Å². The second-order valence-electron chi connectivity index (χ2n) is 6.26. The van der Waals surface area contributed by atoms with Gasteiger partial charge in [-0.2, -0.15) is 0 Å². The molecule has 0 spiro atoms. The molecule has 0 bridgehead atoms. The maximum Gasteiger partial charge on any atom is 0.320 e. The number of hydrogen-bond donors (Lipinski definition) is 2. The van der Waals surface area contributed by atoms with Crippen molar-refractivity contribution in [3.05, 3.63) is 65.2 Å². The molecule has 0 fully saturated rings. The summed E-state index contributed by atoms with van der Waals surface area (Å²) in [6.07, 6.45) is 0. The molecule has 0 radical (unpaired) electrons. The van der Waals surface area contributed by atoms with Crippen LogP contribution in [0.5, 0.6) is 5.75 Å². The molecule has 0 amide bonds. The van der Waals surface area contributed by atoms with Crippen molar-refractivity contribution < 1.29 is 14.6 Å². The van der Waals surface area contributed by atoms with E-state index in [1.165, 1.54) is 5.56 Å². The molecule has 0 aromatic heterocycles. The SMILES string of the molecule is Cc1ccccc1COc1ccccc1CNC(C(=O)O)C(C)C.